The van der Waals surface area contributed by atoms with Gasteiger partial charge in [0.25, 0.3) is 0 Å². The van der Waals surface area contributed by atoms with E-state index in [1.54, 1.807) is 0 Å². The number of hydrogen-bond acceptors (Lipinski definition) is 2. The van der Waals surface area contributed by atoms with Gasteiger partial charge in [-0.25, -0.2) is 4.57 Å². The molecule has 1 rings (SSSR count). The smallest absolute Gasteiger partial charge is 0.329 e. The molecule has 0 aliphatic rings. The molecule has 0 radical (unpaired) electrons. The quantitative estimate of drug-likeness (QED) is 0.643. The van der Waals surface area contributed by atoms with Crippen molar-refractivity contribution in [2.45, 2.75) is 0 Å². The van der Waals surface area contributed by atoms with Crippen molar-refractivity contribution in [2.24, 2.45) is 0 Å². The first kappa shape index (κ1) is 18.0. The maximum atomic E-state index is 10.2. The third-order valence-corrected chi connectivity index (χ3v) is 2.58. The van der Waals surface area contributed by atoms with Gasteiger partial charge in [0.05, 0.1) is 21.1 Å². The van der Waals surface area contributed by atoms with Gasteiger partial charge in [0.15, 0.2) is 0 Å². The summed E-state index contributed by atoms with van der Waals surface area (Å²) in [6, 6.07) is 10.0. The Morgan fingerprint density at radius 1 is 1.26 bits per heavy atom. The summed E-state index contributed by atoms with van der Waals surface area (Å²) >= 11 is 0. The minimum Gasteiger partial charge on any atom is -0.329 e. The van der Waals surface area contributed by atoms with E-state index in [9.17, 15) is 4.57 Å². The Hall–Kier alpha value is -0.970. The van der Waals surface area contributed by atoms with Crippen molar-refractivity contribution in [3.63, 3.8) is 0 Å². The van der Waals surface area contributed by atoms with E-state index >= 15 is 0 Å². The fourth-order valence-corrected chi connectivity index (χ4v) is 1.34. The molecule has 2 N–H and O–H groups in total. The second-order valence-corrected chi connectivity index (χ2v) is 6.19. The molecule has 0 saturated heterocycles. The van der Waals surface area contributed by atoms with Gasteiger partial charge in [-0.3, -0.25) is 4.52 Å². The first-order valence-electron chi connectivity index (χ1n) is 5.82. The Bertz CT molecular complexity index is 408. The van der Waals surface area contributed by atoms with Gasteiger partial charge in [-0.15, -0.1) is 0 Å². The van der Waals surface area contributed by atoms with E-state index in [0.717, 1.165) is 0 Å². The van der Waals surface area contributed by atoms with Gasteiger partial charge in [-0.05, 0) is 5.56 Å². The van der Waals surface area contributed by atoms with Crippen LogP contribution in [0.1, 0.15) is 5.56 Å². The zero-order chi connectivity index (χ0) is 14.9. The molecule has 0 saturated carbocycles. The standard InChI is InChI=1S/C8H8.C5H14NO4P/c1-2-8-6-4-3-5-7-8;1-6(2,3)4-5-10-11(7,8)9/h2-7H,1H2;4-5H2,1-3H3,(H-,7,8,9)/p+1. The molecule has 0 atom stereocenters. The van der Waals surface area contributed by atoms with Crippen molar-refractivity contribution < 1.29 is 23.4 Å². The Balaban J connectivity index is 0.000000356. The topological polar surface area (TPSA) is 66.8 Å². The van der Waals surface area contributed by atoms with Crippen LogP contribution in [0.3, 0.4) is 0 Å². The lowest BCUT2D eigenvalue weighted by Crippen LogP contribution is -2.37. The second-order valence-electron chi connectivity index (χ2n) is 4.95. The fraction of sp³-hybridized carbons (Fsp3) is 0.385. The van der Waals surface area contributed by atoms with E-state index in [2.05, 4.69) is 11.1 Å². The van der Waals surface area contributed by atoms with Crippen molar-refractivity contribution in [3.8, 4) is 0 Å². The summed E-state index contributed by atoms with van der Waals surface area (Å²) < 4.78 is 15.1. The van der Waals surface area contributed by atoms with E-state index in [-0.39, 0.29) is 6.61 Å². The minimum absolute atomic E-state index is 0.0772. The Morgan fingerprint density at radius 3 is 2.11 bits per heavy atom. The van der Waals surface area contributed by atoms with Crippen molar-refractivity contribution in [1.29, 1.82) is 0 Å². The van der Waals surface area contributed by atoms with Gasteiger partial charge in [0, 0.05) is 0 Å². The van der Waals surface area contributed by atoms with Crippen LogP contribution in [0.25, 0.3) is 6.08 Å². The lowest BCUT2D eigenvalue weighted by molar-refractivity contribution is -0.870. The van der Waals surface area contributed by atoms with Gasteiger partial charge >= 0.3 is 7.82 Å². The van der Waals surface area contributed by atoms with E-state index in [0.29, 0.717) is 11.0 Å². The first-order chi connectivity index (χ1) is 8.64. The molecule has 1 aromatic rings. The highest BCUT2D eigenvalue weighted by Crippen LogP contribution is 2.35. The molecule has 0 bridgehead atoms. The lowest BCUT2D eigenvalue weighted by Gasteiger charge is -2.23. The summed E-state index contributed by atoms with van der Waals surface area (Å²) in [5, 5.41) is 0. The molecule has 5 nitrogen and oxygen atoms in total. The highest BCUT2D eigenvalue weighted by molar-refractivity contribution is 7.46. The molecular formula is C13H23NO4P+. The molecule has 1 aromatic carbocycles. The van der Waals surface area contributed by atoms with Gasteiger partial charge in [0.2, 0.25) is 0 Å². The van der Waals surface area contributed by atoms with E-state index in [4.69, 9.17) is 9.79 Å². The molecule has 0 aliphatic carbocycles. The third-order valence-electron chi connectivity index (χ3n) is 2.06. The Morgan fingerprint density at radius 2 is 1.79 bits per heavy atom. The largest absolute Gasteiger partial charge is 0.469 e. The summed E-state index contributed by atoms with van der Waals surface area (Å²) in [7, 11) is 1.50. The number of phosphoric ester groups is 1. The zero-order valence-corrected chi connectivity index (χ0v) is 12.6. The van der Waals surface area contributed by atoms with Crippen LogP contribution in [0.4, 0.5) is 0 Å². The predicted octanol–water partition coefficient (Wildman–Crippen LogP) is 2.13. The molecule has 0 spiro atoms. The van der Waals surface area contributed by atoms with Crippen molar-refractivity contribution >= 4 is 13.9 Å². The second kappa shape index (κ2) is 8.25. The van der Waals surface area contributed by atoms with Gasteiger partial charge in [-0.1, -0.05) is 43.0 Å². The molecule has 0 aromatic heterocycles. The van der Waals surface area contributed by atoms with Gasteiger partial charge < -0.3 is 14.3 Å². The molecule has 108 valence electrons. The number of rotatable bonds is 5. The zero-order valence-electron chi connectivity index (χ0n) is 11.7. The number of phosphoric acid groups is 1. The fourth-order valence-electron chi connectivity index (χ4n) is 1.02. The third kappa shape index (κ3) is 13.3. The van der Waals surface area contributed by atoms with E-state index < -0.39 is 7.82 Å². The molecule has 6 heteroatoms. The molecule has 0 fully saturated rings. The van der Waals surface area contributed by atoms with Crippen LogP contribution in [0.15, 0.2) is 36.9 Å². The summed E-state index contributed by atoms with van der Waals surface area (Å²) in [5.74, 6) is 0. The molecule has 0 aliphatic heterocycles. The van der Waals surface area contributed by atoms with E-state index in [1.165, 1.54) is 5.56 Å². The number of benzene rings is 1. The minimum atomic E-state index is -4.26. The molecule has 0 unspecified atom stereocenters. The van der Waals surface area contributed by atoms with Crippen molar-refractivity contribution in [2.75, 3.05) is 34.3 Å². The van der Waals surface area contributed by atoms with Crippen LogP contribution in [0, 0.1) is 0 Å². The van der Waals surface area contributed by atoms with Gasteiger partial charge in [0.1, 0.15) is 13.2 Å². The maximum absolute atomic E-state index is 10.2. The van der Waals surface area contributed by atoms with Crippen LogP contribution in [0.5, 0.6) is 0 Å². The SMILES string of the molecule is C=Cc1ccccc1.C[N+](C)(C)CCOP(=O)(O)O. The predicted molar refractivity (Wildman–Crippen MR) is 77.4 cm³/mol. The Labute approximate surface area is 115 Å². The highest BCUT2D eigenvalue weighted by atomic mass is 31.2. The van der Waals surface area contributed by atoms with Crippen LogP contribution in [-0.4, -0.2) is 48.6 Å². The monoisotopic (exact) mass is 288 g/mol. The van der Waals surface area contributed by atoms with E-state index in [1.807, 2.05) is 57.6 Å². The molecule has 0 heterocycles. The number of quaternary nitrogens is 1. The average molecular weight is 288 g/mol. The van der Waals surface area contributed by atoms with Crippen molar-refractivity contribution in [1.82, 2.24) is 0 Å². The number of hydrogen-bond donors (Lipinski definition) is 2. The molecular weight excluding hydrogens is 265 g/mol. The van der Waals surface area contributed by atoms with Crippen molar-refractivity contribution in [3.05, 3.63) is 42.5 Å². The van der Waals surface area contributed by atoms with Crippen LogP contribution >= 0.6 is 7.82 Å². The maximum Gasteiger partial charge on any atom is 0.469 e. The first-order valence-corrected chi connectivity index (χ1v) is 7.35. The molecule has 0 amide bonds. The normalized spacial score (nSPS) is 11.4. The summed E-state index contributed by atoms with van der Waals surface area (Å²) in [5.41, 5.74) is 1.17. The number of likely N-dealkylation sites (N-methyl/N-ethyl adjacent to an activating group) is 1. The molecule has 19 heavy (non-hydrogen) atoms. The summed E-state index contributed by atoms with van der Waals surface area (Å²) in [6.07, 6.45) is 1.83. The average Bonchev–Trinajstić information content (AvgIpc) is 2.27. The van der Waals surface area contributed by atoms with Gasteiger partial charge in [-0.2, -0.15) is 0 Å². The summed E-state index contributed by atoms with van der Waals surface area (Å²) in [6.45, 7) is 4.28. The van der Waals surface area contributed by atoms with Crippen LogP contribution in [0.2, 0.25) is 0 Å². The lowest BCUT2D eigenvalue weighted by atomic mass is 10.2. The van der Waals surface area contributed by atoms with Crippen LogP contribution in [-0.2, 0) is 9.09 Å². The summed E-state index contributed by atoms with van der Waals surface area (Å²) in [4.78, 5) is 16.6. The Kier molecular flexibility index (Phi) is 7.83. The number of nitrogens with zero attached hydrogens (tertiary/aromatic N) is 1. The van der Waals surface area contributed by atoms with Crippen LogP contribution < -0.4 is 0 Å². The highest BCUT2D eigenvalue weighted by Gasteiger charge is 2.15.